The minimum atomic E-state index is -0.645. The van der Waals surface area contributed by atoms with Crippen molar-refractivity contribution in [3.05, 3.63) is 81.5 Å². The first-order valence-electron chi connectivity index (χ1n) is 11.3. The second kappa shape index (κ2) is 12.9. The third-order valence-electron chi connectivity index (χ3n) is 5.04. The van der Waals surface area contributed by atoms with Gasteiger partial charge in [0.25, 0.3) is 11.8 Å². The maximum atomic E-state index is 13.2. The summed E-state index contributed by atoms with van der Waals surface area (Å²) in [6.45, 7) is 1.34. The van der Waals surface area contributed by atoms with E-state index in [1.54, 1.807) is 56.3 Å². The summed E-state index contributed by atoms with van der Waals surface area (Å²) >= 11 is 12.1. The quantitative estimate of drug-likeness (QED) is 0.197. The molecular formula is C26H25Cl2N5O5. The normalized spacial score (nSPS) is 10.3. The van der Waals surface area contributed by atoms with Gasteiger partial charge in [-0.3, -0.25) is 15.0 Å². The van der Waals surface area contributed by atoms with Crippen molar-refractivity contribution in [3.8, 4) is 5.75 Å². The molecule has 0 saturated carbocycles. The number of ether oxygens (including phenoxy) is 2. The van der Waals surface area contributed by atoms with Crippen LogP contribution in [0.5, 0.6) is 5.75 Å². The number of pyridine rings is 1. The summed E-state index contributed by atoms with van der Waals surface area (Å²) in [6, 6.07) is 12.2. The lowest BCUT2D eigenvalue weighted by atomic mass is 10.1. The van der Waals surface area contributed by atoms with Crippen LogP contribution in [0, 0.1) is 5.41 Å². The van der Waals surface area contributed by atoms with Crippen molar-refractivity contribution in [2.75, 3.05) is 37.9 Å². The molecule has 2 aromatic carbocycles. The molecule has 0 bridgehead atoms. The smallest absolute Gasteiger partial charge is 0.344 e. The summed E-state index contributed by atoms with van der Waals surface area (Å²) in [5, 5.41) is 13.9. The van der Waals surface area contributed by atoms with Crippen LogP contribution in [0.1, 0.15) is 33.2 Å². The minimum Gasteiger partial charge on any atom is -0.480 e. The van der Waals surface area contributed by atoms with Crippen LogP contribution in [0.2, 0.25) is 10.0 Å². The van der Waals surface area contributed by atoms with E-state index in [1.807, 2.05) is 0 Å². The summed E-state index contributed by atoms with van der Waals surface area (Å²) < 4.78 is 10.5. The van der Waals surface area contributed by atoms with Crippen LogP contribution < -0.4 is 15.4 Å². The van der Waals surface area contributed by atoms with E-state index in [2.05, 4.69) is 15.6 Å². The van der Waals surface area contributed by atoms with Crippen molar-refractivity contribution in [1.82, 2.24) is 9.88 Å². The Kier molecular flexibility index (Phi) is 9.64. The van der Waals surface area contributed by atoms with E-state index in [1.165, 1.54) is 24.4 Å². The predicted octanol–water partition coefficient (Wildman–Crippen LogP) is 4.72. The summed E-state index contributed by atoms with van der Waals surface area (Å²) in [5.41, 5.74) is 0.831. The van der Waals surface area contributed by atoms with Gasteiger partial charge in [-0.05, 0) is 37.3 Å². The van der Waals surface area contributed by atoms with Gasteiger partial charge in [0.2, 0.25) is 0 Å². The highest BCUT2D eigenvalue weighted by Gasteiger charge is 2.22. The van der Waals surface area contributed by atoms with Crippen LogP contribution in [-0.2, 0) is 9.53 Å². The molecule has 0 unspecified atom stereocenters. The second-order valence-corrected chi connectivity index (χ2v) is 8.88. The fraction of sp³-hybridized carbons (Fsp3) is 0.192. The average molecular weight is 558 g/mol. The number of nitrogens with zero attached hydrogens (tertiary/aromatic N) is 2. The lowest BCUT2D eigenvalue weighted by Crippen LogP contribution is -2.22. The molecule has 1 aromatic heterocycles. The van der Waals surface area contributed by atoms with Crippen LogP contribution >= 0.6 is 23.2 Å². The first-order valence-corrected chi connectivity index (χ1v) is 12.1. The number of carbonyl (C=O) groups excluding carboxylic acids is 3. The number of benzene rings is 2. The van der Waals surface area contributed by atoms with Gasteiger partial charge in [-0.2, -0.15) is 0 Å². The van der Waals surface area contributed by atoms with Gasteiger partial charge in [0.05, 0.1) is 22.9 Å². The standard InChI is InChI=1S/C26H25Cl2N5O5/c1-4-37-22(34)14-38-20-12-18(28)11-19(26(36)31-21-10-9-17(27)13-30-21)23(20)32-25(35)16-7-5-15(6-8-16)24(29)33(2)3/h5-13,29H,4,14H2,1-3H3,(H,32,35)(H,30,31,36). The molecule has 0 aliphatic heterocycles. The molecule has 10 nitrogen and oxygen atoms in total. The van der Waals surface area contributed by atoms with E-state index < -0.39 is 24.4 Å². The van der Waals surface area contributed by atoms with E-state index in [4.69, 9.17) is 38.1 Å². The number of carbonyl (C=O) groups is 3. The van der Waals surface area contributed by atoms with Gasteiger partial charge in [-0.15, -0.1) is 0 Å². The highest BCUT2D eigenvalue weighted by atomic mass is 35.5. The third-order valence-corrected chi connectivity index (χ3v) is 5.48. The Morgan fingerprint density at radius 2 is 1.63 bits per heavy atom. The zero-order valence-electron chi connectivity index (χ0n) is 20.8. The van der Waals surface area contributed by atoms with Crippen molar-refractivity contribution in [2.24, 2.45) is 0 Å². The Morgan fingerprint density at radius 3 is 2.24 bits per heavy atom. The molecule has 2 amide bonds. The van der Waals surface area contributed by atoms with E-state index in [0.29, 0.717) is 10.6 Å². The predicted molar refractivity (Wildman–Crippen MR) is 146 cm³/mol. The highest BCUT2D eigenvalue weighted by molar-refractivity contribution is 6.32. The number of rotatable bonds is 9. The number of aromatic nitrogens is 1. The lowest BCUT2D eigenvalue weighted by Gasteiger charge is -2.17. The number of amides is 2. The first kappa shape index (κ1) is 28.4. The molecular weight excluding hydrogens is 533 g/mol. The van der Waals surface area contributed by atoms with Crippen molar-refractivity contribution in [3.63, 3.8) is 0 Å². The Hall–Kier alpha value is -4.15. The van der Waals surface area contributed by atoms with Crippen LogP contribution in [0.3, 0.4) is 0 Å². The number of nitrogens with one attached hydrogen (secondary N) is 3. The maximum absolute atomic E-state index is 13.2. The minimum absolute atomic E-state index is 0.0136. The Balaban J connectivity index is 1.95. The molecule has 0 aliphatic carbocycles. The number of esters is 1. The Morgan fingerprint density at radius 1 is 0.947 bits per heavy atom. The van der Waals surface area contributed by atoms with Crippen LogP contribution in [0.4, 0.5) is 11.5 Å². The molecule has 38 heavy (non-hydrogen) atoms. The molecule has 198 valence electrons. The number of anilines is 2. The van der Waals surface area contributed by atoms with Crippen LogP contribution in [0.25, 0.3) is 0 Å². The van der Waals surface area contributed by atoms with Gasteiger partial charge < -0.3 is 25.0 Å². The number of amidine groups is 1. The summed E-state index contributed by atoms with van der Waals surface area (Å²) in [7, 11) is 3.49. The number of hydrogen-bond acceptors (Lipinski definition) is 7. The van der Waals surface area contributed by atoms with Gasteiger partial charge in [0, 0.05) is 42.5 Å². The van der Waals surface area contributed by atoms with Gasteiger partial charge in [-0.25, -0.2) is 9.78 Å². The van der Waals surface area contributed by atoms with E-state index in [0.717, 1.165) is 0 Å². The SMILES string of the molecule is CCOC(=O)COc1cc(Cl)cc(C(=O)Nc2ccc(Cl)cn2)c1NC(=O)c1ccc(C(=N)N(C)C)cc1. The number of hydrogen-bond donors (Lipinski definition) is 3. The fourth-order valence-corrected chi connectivity index (χ4v) is 3.52. The fourth-order valence-electron chi connectivity index (χ4n) is 3.20. The zero-order valence-corrected chi connectivity index (χ0v) is 22.3. The van der Waals surface area contributed by atoms with Crippen molar-refractivity contribution >= 4 is 58.3 Å². The summed E-state index contributed by atoms with van der Waals surface area (Å²) in [4.78, 5) is 43.9. The van der Waals surface area contributed by atoms with Gasteiger partial charge in [0.1, 0.15) is 17.4 Å². The molecule has 0 atom stereocenters. The lowest BCUT2D eigenvalue weighted by molar-refractivity contribution is -0.145. The van der Waals surface area contributed by atoms with E-state index in [-0.39, 0.29) is 45.8 Å². The van der Waals surface area contributed by atoms with E-state index >= 15 is 0 Å². The molecule has 3 rings (SSSR count). The average Bonchev–Trinajstić information content (AvgIpc) is 2.89. The monoisotopic (exact) mass is 557 g/mol. The Labute approximate surface area is 229 Å². The topological polar surface area (TPSA) is 134 Å². The first-order chi connectivity index (χ1) is 18.1. The largest absolute Gasteiger partial charge is 0.480 e. The molecule has 12 heteroatoms. The Bertz CT molecular complexity index is 1350. The third kappa shape index (κ3) is 7.44. The van der Waals surface area contributed by atoms with Crippen LogP contribution in [0.15, 0.2) is 54.7 Å². The molecule has 3 N–H and O–H groups in total. The van der Waals surface area contributed by atoms with Crippen molar-refractivity contribution in [1.29, 1.82) is 5.41 Å². The molecule has 0 aliphatic rings. The van der Waals surface area contributed by atoms with Crippen molar-refractivity contribution < 1.29 is 23.9 Å². The maximum Gasteiger partial charge on any atom is 0.344 e. The molecule has 0 fully saturated rings. The molecule has 0 saturated heterocycles. The van der Waals surface area contributed by atoms with Crippen LogP contribution in [-0.4, -0.2) is 60.8 Å². The molecule has 1 heterocycles. The van der Waals surface area contributed by atoms with E-state index in [9.17, 15) is 14.4 Å². The van der Waals surface area contributed by atoms with Gasteiger partial charge in [0.15, 0.2) is 6.61 Å². The zero-order chi connectivity index (χ0) is 27.8. The molecule has 3 aromatic rings. The van der Waals surface area contributed by atoms with Gasteiger partial charge in [-0.1, -0.05) is 35.3 Å². The second-order valence-electron chi connectivity index (χ2n) is 8.01. The highest BCUT2D eigenvalue weighted by Crippen LogP contribution is 2.34. The van der Waals surface area contributed by atoms with Crippen molar-refractivity contribution in [2.45, 2.75) is 6.92 Å². The summed E-state index contributed by atoms with van der Waals surface area (Å²) in [5.74, 6) is -1.37. The van der Waals surface area contributed by atoms with Gasteiger partial charge >= 0.3 is 5.97 Å². The summed E-state index contributed by atoms with van der Waals surface area (Å²) in [6.07, 6.45) is 1.37. The molecule has 0 radical (unpaired) electrons. The molecule has 0 spiro atoms. The number of halogens is 2.